The molecular weight excluding hydrogens is 230 g/mol. The van der Waals surface area contributed by atoms with Gasteiger partial charge in [0, 0.05) is 13.7 Å². The molecule has 2 heterocycles. The van der Waals surface area contributed by atoms with Gasteiger partial charge in [0.2, 0.25) is 0 Å². The molecule has 1 unspecified atom stereocenters. The molecule has 16 heavy (non-hydrogen) atoms. The summed E-state index contributed by atoms with van der Waals surface area (Å²) in [5.41, 5.74) is 0. The monoisotopic (exact) mass is 245 g/mol. The molecule has 1 saturated heterocycles. The molecule has 1 aromatic heterocycles. The largest absolute Gasteiger partial charge is 0.380 e. The van der Waals surface area contributed by atoms with Crippen LogP contribution in [0.15, 0.2) is 11.2 Å². The number of likely N-dealkylation sites (N-methyl/N-ethyl adjacent to an activating group) is 1. The molecule has 0 radical (unpaired) electrons. The van der Waals surface area contributed by atoms with Crippen LogP contribution in [0.5, 0.6) is 0 Å². The highest BCUT2D eigenvalue weighted by Crippen LogP contribution is 2.19. The number of aryl methyl sites for hydroxylation is 1. The molecular formula is C9H15N3O3S. The predicted octanol–water partition coefficient (Wildman–Crippen LogP) is 0.128. The van der Waals surface area contributed by atoms with Gasteiger partial charge in [-0.15, -0.1) is 0 Å². The van der Waals surface area contributed by atoms with Crippen molar-refractivity contribution in [2.75, 3.05) is 20.3 Å². The summed E-state index contributed by atoms with van der Waals surface area (Å²) in [5.74, 6) is 0.592. The first kappa shape index (κ1) is 11.6. The molecule has 2 rings (SSSR count). The van der Waals surface area contributed by atoms with E-state index in [0.29, 0.717) is 19.0 Å². The number of hydrogen-bond acceptors (Lipinski definition) is 4. The van der Waals surface area contributed by atoms with Gasteiger partial charge >= 0.3 is 0 Å². The Morgan fingerprint density at radius 1 is 1.62 bits per heavy atom. The van der Waals surface area contributed by atoms with E-state index in [-0.39, 0.29) is 11.1 Å². The molecule has 1 atom stereocenters. The Bertz CT molecular complexity index is 462. The molecule has 1 N–H and O–H groups in total. The lowest BCUT2D eigenvalue weighted by Gasteiger charge is -2.21. The Hall–Kier alpha value is -0.920. The number of nitrogens with one attached hydrogen (secondary N) is 1. The van der Waals surface area contributed by atoms with Gasteiger partial charge in [-0.25, -0.2) is 13.4 Å². The quantitative estimate of drug-likeness (QED) is 0.821. The smallest absolute Gasteiger partial charge is 0.260 e. The predicted molar refractivity (Wildman–Crippen MR) is 57.5 cm³/mol. The highest BCUT2D eigenvalue weighted by atomic mass is 32.2. The summed E-state index contributed by atoms with van der Waals surface area (Å²) >= 11 is 0. The fourth-order valence-electron chi connectivity index (χ4n) is 1.69. The van der Waals surface area contributed by atoms with Crippen molar-refractivity contribution in [3.63, 3.8) is 0 Å². The number of hydrogen-bond donors (Lipinski definition) is 1. The van der Waals surface area contributed by atoms with Gasteiger partial charge in [-0.05, 0) is 13.3 Å². The van der Waals surface area contributed by atoms with Gasteiger partial charge in [0.1, 0.15) is 5.82 Å². The van der Waals surface area contributed by atoms with Gasteiger partial charge in [0.15, 0.2) is 5.03 Å². The average molecular weight is 245 g/mol. The number of sulfonamides is 1. The van der Waals surface area contributed by atoms with Crippen molar-refractivity contribution in [1.82, 2.24) is 14.3 Å². The third kappa shape index (κ3) is 1.98. The normalized spacial score (nSPS) is 21.8. The summed E-state index contributed by atoms with van der Waals surface area (Å²) in [5, 5.41) is 0.138. The average Bonchev–Trinajstić information content (AvgIpc) is 2.86. The van der Waals surface area contributed by atoms with Crippen LogP contribution in [0.2, 0.25) is 0 Å². The summed E-state index contributed by atoms with van der Waals surface area (Å²) < 4.78 is 30.8. The van der Waals surface area contributed by atoms with Crippen molar-refractivity contribution in [3.8, 4) is 0 Å². The Labute approximate surface area is 94.7 Å². The molecule has 1 aliphatic rings. The maximum absolute atomic E-state index is 12.1. The molecule has 0 aliphatic carbocycles. The fourth-order valence-corrected chi connectivity index (χ4v) is 3.02. The summed E-state index contributed by atoms with van der Waals surface area (Å²) in [7, 11) is -1.89. The van der Waals surface area contributed by atoms with E-state index in [1.165, 1.54) is 10.5 Å². The molecule has 7 heteroatoms. The number of rotatable bonds is 3. The topological polar surface area (TPSA) is 75.3 Å². The van der Waals surface area contributed by atoms with Crippen molar-refractivity contribution in [1.29, 1.82) is 0 Å². The lowest BCUT2D eigenvalue weighted by atomic mass is 10.3. The zero-order valence-corrected chi connectivity index (χ0v) is 10.1. The summed E-state index contributed by atoms with van der Waals surface area (Å²) in [4.78, 5) is 6.64. The Morgan fingerprint density at radius 2 is 2.38 bits per heavy atom. The number of H-pyrrole nitrogens is 1. The van der Waals surface area contributed by atoms with E-state index in [0.717, 1.165) is 6.42 Å². The highest BCUT2D eigenvalue weighted by Gasteiger charge is 2.31. The van der Waals surface area contributed by atoms with Crippen LogP contribution >= 0.6 is 0 Å². The standard InChI is InChI=1S/C9H15N3O3S/c1-7-10-5-9(11-7)16(13,14)12(2)8-3-4-15-6-8/h5,8H,3-4,6H2,1-2H3,(H,10,11). The SMILES string of the molecule is Cc1ncc(S(=O)(=O)N(C)C2CCOC2)[nH]1. The van der Waals surface area contributed by atoms with E-state index >= 15 is 0 Å². The Balaban J connectivity index is 2.24. The van der Waals surface area contributed by atoms with Crippen molar-refractivity contribution < 1.29 is 13.2 Å². The van der Waals surface area contributed by atoms with Gasteiger partial charge in [-0.1, -0.05) is 0 Å². The third-order valence-corrected chi connectivity index (χ3v) is 4.58. The lowest BCUT2D eigenvalue weighted by molar-refractivity contribution is 0.181. The van der Waals surface area contributed by atoms with E-state index in [1.54, 1.807) is 14.0 Å². The van der Waals surface area contributed by atoms with Crippen LogP contribution in [0.25, 0.3) is 0 Å². The van der Waals surface area contributed by atoms with Crippen LogP contribution in [-0.4, -0.2) is 49.0 Å². The van der Waals surface area contributed by atoms with Crippen LogP contribution in [0.3, 0.4) is 0 Å². The molecule has 0 bridgehead atoms. The van der Waals surface area contributed by atoms with Crippen LogP contribution in [0.4, 0.5) is 0 Å². The summed E-state index contributed by atoms with van der Waals surface area (Å²) in [6.45, 7) is 2.80. The molecule has 90 valence electrons. The number of aromatic amines is 1. The molecule has 1 aromatic rings. The van der Waals surface area contributed by atoms with Crippen LogP contribution in [0, 0.1) is 6.92 Å². The second-order valence-corrected chi connectivity index (χ2v) is 5.84. The third-order valence-electron chi connectivity index (χ3n) is 2.76. The molecule has 0 amide bonds. The van der Waals surface area contributed by atoms with E-state index in [9.17, 15) is 8.42 Å². The first-order valence-corrected chi connectivity index (χ1v) is 6.53. The van der Waals surface area contributed by atoms with Gasteiger partial charge in [0.05, 0.1) is 18.8 Å². The van der Waals surface area contributed by atoms with Crippen LogP contribution in [0.1, 0.15) is 12.2 Å². The van der Waals surface area contributed by atoms with Crippen molar-refractivity contribution in [2.24, 2.45) is 0 Å². The van der Waals surface area contributed by atoms with Crippen molar-refractivity contribution >= 4 is 10.0 Å². The highest BCUT2D eigenvalue weighted by molar-refractivity contribution is 7.89. The van der Waals surface area contributed by atoms with E-state index in [1.807, 2.05) is 0 Å². The van der Waals surface area contributed by atoms with Crippen LogP contribution < -0.4 is 0 Å². The summed E-state index contributed by atoms with van der Waals surface area (Å²) in [6, 6.07) is -0.0754. The molecule has 0 saturated carbocycles. The van der Waals surface area contributed by atoms with Gasteiger partial charge in [-0.2, -0.15) is 4.31 Å². The van der Waals surface area contributed by atoms with Gasteiger partial charge < -0.3 is 9.72 Å². The first-order chi connectivity index (χ1) is 7.51. The second kappa shape index (κ2) is 4.15. The zero-order chi connectivity index (χ0) is 11.8. The maximum atomic E-state index is 12.1. The lowest BCUT2D eigenvalue weighted by Crippen LogP contribution is -2.37. The maximum Gasteiger partial charge on any atom is 0.260 e. The molecule has 0 spiro atoms. The number of nitrogens with zero attached hydrogens (tertiary/aromatic N) is 2. The number of ether oxygens (including phenoxy) is 1. The van der Waals surface area contributed by atoms with Gasteiger partial charge in [0.25, 0.3) is 10.0 Å². The molecule has 6 nitrogen and oxygen atoms in total. The molecule has 0 aromatic carbocycles. The molecule has 1 aliphatic heterocycles. The van der Waals surface area contributed by atoms with Crippen LogP contribution in [-0.2, 0) is 14.8 Å². The minimum Gasteiger partial charge on any atom is -0.380 e. The van der Waals surface area contributed by atoms with Crippen molar-refractivity contribution in [2.45, 2.75) is 24.4 Å². The van der Waals surface area contributed by atoms with E-state index in [4.69, 9.17) is 4.74 Å². The summed E-state index contributed by atoms with van der Waals surface area (Å²) in [6.07, 6.45) is 2.08. The Kier molecular flexibility index (Phi) is 3.00. The number of imidazole rings is 1. The fraction of sp³-hybridized carbons (Fsp3) is 0.667. The minimum absolute atomic E-state index is 0.0754. The zero-order valence-electron chi connectivity index (χ0n) is 9.30. The minimum atomic E-state index is -3.47. The van der Waals surface area contributed by atoms with E-state index in [2.05, 4.69) is 9.97 Å². The first-order valence-electron chi connectivity index (χ1n) is 5.09. The van der Waals surface area contributed by atoms with Crippen molar-refractivity contribution in [3.05, 3.63) is 12.0 Å². The van der Waals surface area contributed by atoms with E-state index < -0.39 is 10.0 Å². The van der Waals surface area contributed by atoms with Gasteiger partial charge in [-0.3, -0.25) is 0 Å². The number of aromatic nitrogens is 2. The molecule has 1 fully saturated rings. The Morgan fingerprint density at radius 3 is 2.88 bits per heavy atom. The second-order valence-electron chi connectivity index (χ2n) is 3.87.